The fourth-order valence-corrected chi connectivity index (χ4v) is 2.83. The Kier molecular flexibility index (Phi) is 3.92. The van der Waals surface area contributed by atoms with Crippen molar-refractivity contribution in [3.8, 4) is 6.07 Å². The molecule has 0 atom stereocenters. The molecule has 112 valence electrons. The van der Waals surface area contributed by atoms with Crippen LogP contribution in [0.5, 0.6) is 0 Å². The van der Waals surface area contributed by atoms with Crippen LogP contribution in [-0.4, -0.2) is 22.6 Å². The van der Waals surface area contributed by atoms with Gasteiger partial charge >= 0.3 is 0 Å². The third-order valence-electron chi connectivity index (χ3n) is 3.90. The molecule has 22 heavy (non-hydrogen) atoms. The summed E-state index contributed by atoms with van der Waals surface area (Å²) in [6.07, 6.45) is 2.27. The third kappa shape index (κ3) is 2.86. The van der Waals surface area contributed by atoms with Gasteiger partial charge in [-0.05, 0) is 37.5 Å². The first-order valence-corrected chi connectivity index (χ1v) is 7.50. The Balaban J connectivity index is 2.02. The highest BCUT2D eigenvalue weighted by Gasteiger charge is 2.18. The van der Waals surface area contributed by atoms with Crippen molar-refractivity contribution in [1.82, 2.24) is 9.55 Å². The number of benzene rings is 1. The number of hydrogen-bond donors (Lipinski definition) is 0. The summed E-state index contributed by atoms with van der Waals surface area (Å²) < 4.78 is 1.70. The van der Waals surface area contributed by atoms with Crippen LogP contribution in [0.1, 0.15) is 29.7 Å². The molecule has 1 saturated heterocycles. The average Bonchev–Trinajstić information content (AvgIpc) is 3.04. The molecular formula is C17H18N4O. The minimum Gasteiger partial charge on any atom is -0.342 e. The van der Waals surface area contributed by atoms with Crippen molar-refractivity contribution in [3.63, 3.8) is 0 Å². The molecule has 2 heterocycles. The van der Waals surface area contributed by atoms with Crippen LogP contribution in [0, 0.1) is 18.3 Å². The maximum atomic E-state index is 12.4. The molecule has 1 fully saturated rings. The van der Waals surface area contributed by atoms with E-state index in [4.69, 9.17) is 5.26 Å². The summed E-state index contributed by atoms with van der Waals surface area (Å²) in [5, 5.41) is 9.01. The van der Waals surface area contributed by atoms with Crippen molar-refractivity contribution >= 4 is 5.95 Å². The van der Waals surface area contributed by atoms with E-state index in [-0.39, 0.29) is 5.56 Å². The van der Waals surface area contributed by atoms with Crippen molar-refractivity contribution in [1.29, 1.82) is 5.26 Å². The molecule has 0 spiro atoms. The van der Waals surface area contributed by atoms with Gasteiger partial charge in [0.05, 0.1) is 18.2 Å². The van der Waals surface area contributed by atoms with Crippen LogP contribution < -0.4 is 10.5 Å². The van der Waals surface area contributed by atoms with E-state index in [9.17, 15) is 4.79 Å². The summed E-state index contributed by atoms with van der Waals surface area (Å²) in [6.45, 7) is 4.16. The van der Waals surface area contributed by atoms with Crippen LogP contribution in [-0.2, 0) is 6.54 Å². The lowest BCUT2D eigenvalue weighted by Gasteiger charge is -2.21. The summed E-state index contributed by atoms with van der Waals surface area (Å²) >= 11 is 0. The lowest BCUT2D eigenvalue weighted by atomic mass is 10.1. The van der Waals surface area contributed by atoms with E-state index in [0.29, 0.717) is 12.1 Å². The molecule has 0 radical (unpaired) electrons. The molecule has 0 bridgehead atoms. The van der Waals surface area contributed by atoms with Gasteiger partial charge in [0.25, 0.3) is 5.56 Å². The molecule has 5 heteroatoms. The van der Waals surface area contributed by atoms with Gasteiger partial charge in [0.15, 0.2) is 0 Å². The van der Waals surface area contributed by atoms with Crippen molar-refractivity contribution < 1.29 is 0 Å². The minimum atomic E-state index is -0.0447. The summed E-state index contributed by atoms with van der Waals surface area (Å²) in [4.78, 5) is 19.2. The van der Waals surface area contributed by atoms with E-state index in [1.54, 1.807) is 16.7 Å². The van der Waals surface area contributed by atoms with Crippen molar-refractivity contribution in [3.05, 3.63) is 57.5 Å². The van der Waals surface area contributed by atoms with Crippen molar-refractivity contribution in [2.45, 2.75) is 26.3 Å². The highest BCUT2D eigenvalue weighted by molar-refractivity contribution is 5.37. The zero-order valence-corrected chi connectivity index (χ0v) is 12.6. The van der Waals surface area contributed by atoms with E-state index in [1.807, 2.05) is 25.1 Å². The first-order chi connectivity index (χ1) is 10.7. The molecule has 0 unspecified atom stereocenters. The van der Waals surface area contributed by atoms with E-state index in [2.05, 4.69) is 16.0 Å². The summed E-state index contributed by atoms with van der Waals surface area (Å²) in [5.74, 6) is 0.741. The molecule has 0 saturated carbocycles. The predicted octanol–water partition coefficient (Wildman–Crippen LogP) is 2.07. The van der Waals surface area contributed by atoms with Gasteiger partial charge in [0.2, 0.25) is 5.95 Å². The maximum Gasteiger partial charge on any atom is 0.255 e. The zero-order chi connectivity index (χ0) is 15.5. The van der Waals surface area contributed by atoms with E-state index < -0.39 is 0 Å². The molecule has 2 aromatic rings. The van der Waals surface area contributed by atoms with Gasteiger partial charge in [-0.1, -0.05) is 12.1 Å². The molecule has 5 nitrogen and oxygen atoms in total. The Labute approximate surface area is 129 Å². The third-order valence-corrected chi connectivity index (χ3v) is 3.90. The summed E-state index contributed by atoms with van der Waals surface area (Å²) in [5.41, 5.74) is 2.24. The Morgan fingerprint density at radius 1 is 1.27 bits per heavy atom. The van der Waals surface area contributed by atoms with Crippen molar-refractivity contribution in [2.24, 2.45) is 0 Å². The first kappa shape index (κ1) is 14.3. The Morgan fingerprint density at radius 2 is 2.05 bits per heavy atom. The van der Waals surface area contributed by atoms with Gasteiger partial charge < -0.3 is 4.90 Å². The van der Waals surface area contributed by atoms with Gasteiger partial charge in [-0.2, -0.15) is 5.26 Å². The number of anilines is 1. The van der Waals surface area contributed by atoms with Crippen LogP contribution in [0.25, 0.3) is 0 Å². The van der Waals surface area contributed by atoms with E-state index in [0.717, 1.165) is 43.1 Å². The van der Waals surface area contributed by atoms with E-state index in [1.165, 1.54) is 0 Å². The van der Waals surface area contributed by atoms with Gasteiger partial charge in [-0.15, -0.1) is 0 Å². The second-order valence-electron chi connectivity index (χ2n) is 5.63. The van der Waals surface area contributed by atoms with E-state index >= 15 is 0 Å². The lowest BCUT2D eigenvalue weighted by Crippen LogP contribution is -2.31. The standard InChI is InChI=1S/C17H18N4O/c1-13-9-16(22)21(17(19-13)20-7-2-3-8-20)12-15-6-4-5-14(10-15)11-18/h4-6,9-10H,2-3,7-8,12H2,1H3. The number of aryl methyl sites for hydroxylation is 1. The highest BCUT2D eigenvalue weighted by atomic mass is 16.1. The number of aromatic nitrogens is 2. The maximum absolute atomic E-state index is 12.4. The Morgan fingerprint density at radius 3 is 2.77 bits per heavy atom. The van der Waals surface area contributed by atoms with Gasteiger partial charge in [-0.25, -0.2) is 4.98 Å². The molecule has 1 aromatic carbocycles. The predicted molar refractivity (Wildman–Crippen MR) is 84.9 cm³/mol. The first-order valence-electron chi connectivity index (χ1n) is 7.50. The second kappa shape index (κ2) is 6.02. The topological polar surface area (TPSA) is 61.9 Å². The molecular weight excluding hydrogens is 276 g/mol. The Hall–Kier alpha value is -2.61. The molecule has 1 aliphatic heterocycles. The molecule has 3 rings (SSSR count). The second-order valence-corrected chi connectivity index (χ2v) is 5.63. The lowest BCUT2D eigenvalue weighted by molar-refractivity contribution is 0.700. The van der Waals surface area contributed by atoms with Gasteiger partial charge in [-0.3, -0.25) is 9.36 Å². The molecule has 0 amide bonds. The normalized spacial score (nSPS) is 14.1. The van der Waals surface area contributed by atoms with Crippen LogP contribution in [0.2, 0.25) is 0 Å². The van der Waals surface area contributed by atoms with Crippen LogP contribution in [0.4, 0.5) is 5.95 Å². The molecule has 0 N–H and O–H groups in total. The monoisotopic (exact) mass is 294 g/mol. The van der Waals surface area contributed by atoms with Crippen LogP contribution in [0.3, 0.4) is 0 Å². The Bertz CT molecular complexity index is 782. The van der Waals surface area contributed by atoms with Crippen LogP contribution in [0.15, 0.2) is 35.1 Å². The molecule has 1 aliphatic rings. The number of hydrogen-bond acceptors (Lipinski definition) is 4. The molecule has 1 aromatic heterocycles. The summed E-state index contributed by atoms with van der Waals surface area (Å²) in [6, 6.07) is 11.1. The number of nitriles is 1. The molecule has 0 aliphatic carbocycles. The zero-order valence-electron chi connectivity index (χ0n) is 12.6. The fraction of sp³-hybridized carbons (Fsp3) is 0.353. The number of rotatable bonds is 3. The summed E-state index contributed by atoms with van der Waals surface area (Å²) in [7, 11) is 0. The minimum absolute atomic E-state index is 0.0447. The van der Waals surface area contributed by atoms with Gasteiger partial charge in [0.1, 0.15) is 0 Å². The van der Waals surface area contributed by atoms with Crippen LogP contribution >= 0.6 is 0 Å². The van der Waals surface area contributed by atoms with Gasteiger partial charge in [0, 0.05) is 24.8 Å². The quantitative estimate of drug-likeness (QED) is 0.869. The number of nitrogens with zero attached hydrogens (tertiary/aromatic N) is 4. The fourth-order valence-electron chi connectivity index (χ4n) is 2.83. The average molecular weight is 294 g/mol. The highest BCUT2D eigenvalue weighted by Crippen LogP contribution is 2.18. The SMILES string of the molecule is Cc1cc(=O)n(Cc2cccc(C#N)c2)c(N2CCCC2)n1. The largest absolute Gasteiger partial charge is 0.342 e. The smallest absolute Gasteiger partial charge is 0.255 e. The van der Waals surface area contributed by atoms with Crippen molar-refractivity contribution in [2.75, 3.05) is 18.0 Å².